The molecule has 1 aliphatic carbocycles. The number of hydrogen-bond donors (Lipinski definition) is 1. The van der Waals surface area contributed by atoms with Crippen molar-refractivity contribution in [3.05, 3.63) is 40.7 Å². The number of carbonyl (C=O) groups excluding carboxylic acids is 1. The Kier molecular flexibility index (Phi) is 4.72. The summed E-state index contributed by atoms with van der Waals surface area (Å²) in [4.78, 5) is 19.4. The molecule has 1 aromatic carbocycles. The lowest BCUT2D eigenvalue weighted by Gasteiger charge is -2.36. The molecule has 4 rings (SSSR count). The summed E-state index contributed by atoms with van der Waals surface area (Å²) in [6.07, 6.45) is 2.42. The lowest BCUT2D eigenvalue weighted by Crippen LogP contribution is -2.53. The maximum absolute atomic E-state index is 12.7. The first kappa shape index (κ1) is 16.5. The number of carbonyl (C=O) groups is 1. The van der Waals surface area contributed by atoms with Crippen molar-refractivity contribution in [1.82, 2.24) is 15.2 Å². The average molecular weight is 357 g/mol. The van der Waals surface area contributed by atoms with Gasteiger partial charge >= 0.3 is 6.03 Å². The molecule has 6 heteroatoms. The van der Waals surface area contributed by atoms with Gasteiger partial charge in [-0.25, -0.2) is 9.78 Å². The first-order chi connectivity index (χ1) is 12.2. The number of ether oxygens (including phenoxy) is 1. The average Bonchev–Trinajstić information content (AvgIpc) is 3.38. The van der Waals surface area contributed by atoms with Crippen LogP contribution in [0.3, 0.4) is 0 Å². The molecule has 2 amide bonds. The molecule has 1 saturated heterocycles. The Morgan fingerprint density at radius 3 is 2.92 bits per heavy atom. The van der Waals surface area contributed by atoms with E-state index in [9.17, 15) is 4.79 Å². The van der Waals surface area contributed by atoms with E-state index in [1.807, 2.05) is 30.0 Å². The van der Waals surface area contributed by atoms with Crippen LogP contribution in [0.4, 0.5) is 4.79 Å². The fourth-order valence-electron chi connectivity index (χ4n) is 3.30. The topological polar surface area (TPSA) is 54.5 Å². The van der Waals surface area contributed by atoms with Crippen molar-refractivity contribution < 1.29 is 9.53 Å². The molecule has 2 heterocycles. The van der Waals surface area contributed by atoms with Gasteiger partial charge in [-0.1, -0.05) is 30.3 Å². The van der Waals surface area contributed by atoms with Gasteiger partial charge in [-0.05, 0) is 25.7 Å². The Bertz CT molecular complexity index is 729. The number of aromatic nitrogens is 1. The van der Waals surface area contributed by atoms with E-state index in [1.165, 1.54) is 12.8 Å². The highest BCUT2D eigenvalue weighted by Crippen LogP contribution is 2.36. The number of amides is 2. The zero-order valence-electron chi connectivity index (χ0n) is 14.4. The molecule has 1 saturated carbocycles. The van der Waals surface area contributed by atoms with E-state index < -0.39 is 0 Å². The number of morpholine rings is 1. The van der Waals surface area contributed by atoms with Crippen molar-refractivity contribution in [2.75, 3.05) is 19.8 Å². The van der Waals surface area contributed by atoms with Gasteiger partial charge in [-0.15, -0.1) is 11.3 Å². The molecule has 1 aromatic heterocycles. The van der Waals surface area contributed by atoms with Crippen LogP contribution < -0.4 is 5.32 Å². The van der Waals surface area contributed by atoms with Gasteiger partial charge in [0.25, 0.3) is 0 Å². The van der Waals surface area contributed by atoms with Gasteiger partial charge in [0.15, 0.2) is 0 Å². The monoisotopic (exact) mass is 357 g/mol. The van der Waals surface area contributed by atoms with Gasteiger partial charge in [0.1, 0.15) is 5.01 Å². The summed E-state index contributed by atoms with van der Waals surface area (Å²) < 4.78 is 5.57. The maximum Gasteiger partial charge on any atom is 0.318 e. The normalized spacial score (nSPS) is 21.8. The molecule has 1 N–H and O–H groups in total. The zero-order valence-corrected chi connectivity index (χ0v) is 15.2. The predicted octanol–water partition coefficient (Wildman–Crippen LogP) is 3.69. The summed E-state index contributed by atoms with van der Waals surface area (Å²) in [5.74, 6) is 0.617. The van der Waals surface area contributed by atoms with Gasteiger partial charge in [0, 0.05) is 17.5 Å². The van der Waals surface area contributed by atoms with E-state index >= 15 is 0 Å². The highest BCUT2D eigenvalue weighted by Gasteiger charge is 2.39. The van der Waals surface area contributed by atoms with Crippen LogP contribution in [0, 0.1) is 5.92 Å². The summed E-state index contributed by atoms with van der Waals surface area (Å²) in [5.41, 5.74) is 2.06. The van der Waals surface area contributed by atoms with Crippen LogP contribution >= 0.6 is 11.3 Å². The van der Waals surface area contributed by atoms with E-state index in [2.05, 4.69) is 22.8 Å². The van der Waals surface area contributed by atoms with Crippen LogP contribution in [0.25, 0.3) is 11.3 Å². The molecule has 5 nitrogen and oxygen atoms in total. The summed E-state index contributed by atoms with van der Waals surface area (Å²) in [6.45, 7) is 3.97. The third-order valence-electron chi connectivity index (χ3n) is 4.89. The van der Waals surface area contributed by atoms with Crippen LogP contribution in [0.15, 0.2) is 35.7 Å². The standard InChI is InChI=1S/C19H23N3O2S/c1-13(18-21-16(12-25-18)14-5-3-2-4-6-14)20-19(23)22-9-10-24-11-17(22)15-7-8-15/h2-6,12-13,15,17H,7-11H2,1H3,(H,20,23). The Morgan fingerprint density at radius 1 is 1.36 bits per heavy atom. The van der Waals surface area contributed by atoms with Crippen molar-refractivity contribution in [3.63, 3.8) is 0 Å². The van der Waals surface area contributed by atoms with Gasteiger partial charge in [0.2, 0.25) is 0 Å². The van der Waals surface area contributed by atoms with Crippen LogP contribution in [-0.2, 0) is 4.74 Å². The van der Waals surface area contributed by atoms with Crippen molar-refractivity contribution >= 4 is 17.4 Å². The quantitative estimate of drug-likeness (QED) is 0.908. The molecule has 0 spiro atoms. The first-order valence-corrected chi connectivity index (χ1v) is 9.76. The SMILES string of the molecule is CC(NC(=O)N1CCOCC1C1CC1)c1nc(-c2ccccc2)cs1. The first-order valence-electron chi connectivity index (χ1n) is 8.88. The van der Waals surface area contributed by atoms with E-state index in [1.54, 1.807) is 11.3 Å². The zero-order chi connectivity index (χ0) is 17.2. The second-order valence-electron chi connectivity index (χ2n) is 6.78. The lowest BCUT2D eigenvalue weighted by molar-refractivity contribution is 0.00422. The Morgan fingerprint density at radius 2 is 2.16 bits per heavy atom. The fourth-order valence-corrected chi connectivity index (χ4v) is 4.14. The van der Waals surface area contributed by atoms with Crippen molar-refractivity contribution in [3.8, 4) is 11.3 Å². The highest BCUT2D eigenvalue weighted by molar-refractivity contribution is 7.10. The molecule has 0 bridgehead atoms. The van der Waals surface area contributed by atoms with Crippen LogP contribution in [0.2, 0.25) is 0 Å². The number of benzene rings is 1. The number of nitrogens with zero attached hydrogens (tertiary/aromatic N) is 2. The number of rotatable bonds is 4. The van der Waals surface area contributed by atoms with Crippen LogP contribution in [0.1, 0.15) is 30.8 Å². The minimum Gasteiger partial charge on any atom is -0.377 e. The predicted molar refractivity (Wildman–Crippen MR) is 98.5 cm³/mol. The van der Waals surface area contributed by atoms with Crippen LogP contribution in [0.5, 0.6) is 0 Å². The van der Waals surface area contributed by atoms with E-state index in [0.29, 0.717) is 25.7 Å². The van der Waals surface area contributed by atoms with Crippen LogP contribution in [-0.4, -0.2) is 41.7 Å². The second kappa shape index (κ2) is 7.14. The molecule has 2 fully saturated rings. The largest absolute Gasteiger partial charge is 0.377 e. The molecule has 2 aromatic rings. The van der Waals surface area contributed by atoms with Crippen molar-refractivity contribution in [2.45, 2.75) is 31.8 Å². The Balaban J connectivity index is 1.42. The van der Waals surface area contributed by atoms with Crippen molar-refractivity contribution in [1.29, 1.82) is 0 Å². The summed E-state index contributed by atoms with van der Waals surface area (Å²) >= 11 is 1.59. The van der Waals surface area contributed by atoms with E-state index in [0.717, 1.165) is 16.3 Å². The molecular weight excluding hydrogens is 334 g/mol. The number of thiazole rings is 1. The number of hydrogen-bond acceptors (Lipinski definition) is 4. The highest BCUT2D eigenvalue weighted by atomic mass is 32.1. The fraction of sp³-hybridized carbons (Fsp3) is 0.474. The molecule has 0 radical (unpaired) electrons. The third-order valence-corrected chi connectivity index (χ3v) is 5.92. The minimum absolute atomic E-state index is 0.00385. The lowest BCUT2D eigenvalue weighted by atomic mass is 10.1. The molecule has 1 aliphatic heterocycles. The van der Waals surface area contributed by atoms with E-state index in [4.69, 9.17) is 9.72 Å². The van der Waals surface area contributed by atoms with Crippen molar-refractivity contribution in [2.24, 2.45) is 5.92 Å². The Labute approximate surface area is 152 Å². The molecule has 25 heavy (non-hydrogen) atoms. The maximum atomic E-state index is 12.7. The summed E-state index contributed by atoms with van der Waals surface area (Å²) in [6, 6.07) is 10.3. The van der Waals surface area contributed by atoms with Gasteiger partial charge < -0.3 is 15.0 Å². The molecular formula is C19H23N3O2S. The molecule has 132 valence electrons. The van der Waals surface area contributed by atoms with E-state index in [-0.39, 0.29) is 18.1 Å². The summed E-state index contributed by atoms with van der Waals surface area (Å²) in [7, 11) is 0. The van der Waals surface area contributed by atoms with Gasteiger partial charge in [-0.3, -0.25) is 0 Å². The number of urea groups is 1. The number of nitrogens with one attached hydrogen (secondary N) is 1. The minimum atomic E-state index is -0.0994. The summed E-state index contributed by atoms with van der Waals surface area (Å²) in [5, 5.41) is 6.11. The molecule has 2 unspecified atom stereocenters. The van der Waals surface area contributed by atoms with Gasteiger partial charge in [-0.2, -0.15) is 0 Å². The Hall–Kier alpha value is -1.92. The second-order valence-corrected chi connectivity index (χ2v) is 7.67. The molecule has 2 aliphatic rings. The van der Waals surface area contributed by atoms with Gasteiger partial charge in [0.05, 0.1) is 31.0 Å². The third kappa shape index (κ3) is 3.70. The smallest absolute Gasteiger partial charge is 0.318 e. The molecule has 2 atom stereocenters.